The van der Waals surface area contributed by atoms with Gasteiger partial charge in [0.25, 0.3) is 0 Å². The molecule has 30 heavy (non-hydrogen) atoms. The maximum Gasteiger partial charge on any atom is 0.238 e. The van der Waals surface area contributed by atoms with E-state index in [1.165, 1.54) is 17.4 Å². The van der Waals surface area contributed by atoms with Crippen molar-refractivity contribution in [2.24, 2.45) is 0 Å². The molecule has 0 fully saturated rings. The highest BCUT2D eigenvalue weighted by Crippen LogP contribution is 2.32. The monoisotopic (exact) mass is 419 g/mol. The molecule has 2 heterocycles. The molecular formula is C23H18FN3O2S. The third-order valence-electron chi connectivity index (χ3n) is 4.55. The molecule has 0 aliphatic rings. The van der Waals surface area contributed by atoms with Crippen LogP contribution < -0.4 is 10.1 Å². The second-order valence-electron chi connectivity index (χ2n) is 6.53. The van der Waals surface area contributed by atoms with Crippen LogP contribution in [-0.4, -0.2) is 23.0 Å². The standard InChI is InChI=1S/C23H18FN3O2S/c1-29-19-9-5-8-16(11-19)21(15-6-3-2-4-7-15)22(28)27-23-26-14-20(30-23)17-10-18(24)13-25-12-17/h2-14,21H,1H3,(H,26,27,28). The van der Waals surface area contributed by atoms with Crippen LogP contribution in [-0.2, 0) is 4.79 Å². The molecular weight excluding hydrogens is 401 g/mol. The number of amides is 1. The average molecular weight is 419 g/mol. The van der Waals surface area contributed by atoms with E-state index in [9.17, 15) is 9.18 Å². The Hall–Kier alpha value is -3.58. The number of rotatable bonds is 6. The zero-order valence-electron chi connectivity index (χ0n) is 16.1. The number of hydrogen-bond acceptors (Lipinski definition) is 5. The zero-order valence-corrected chi connectivity index (χ0v) is 16.9. The quantitative estimate of drug-likeness (QED) is 0.471. The van der Waals surface area contributed by atoms with Crippen molar-refractivity contribution in [3.63, 3.8) is 0 Å². The second kappa shape index (κ2) is 8.84. The van der Waals surface area contributed by atoms with Crippen molar-refractivity contribution in [1.82, 2.24) is 9.97 Å². The molecule has 2 aromatic heterocycles. The lowest BCUT2D eigenvalue weighted by Crippen LogP contribution is -2.22. The van der Waals surface area contributed by atoms with E-state index < -0.39 is 11.7 Å². The number of methoxy groups -OCH3 is 1. The summed E-state index contributed by atoms with van der Waals surface area (Å²) < 4.78 is 18.8. The average Bonchev–Trinajstić information content (AvgIpc) is 3.23. The highest BCUT2D eigenvalue weighted by atomic mass is 32.1. The molecule has 0 aliphatic carbocycles. The smallest absolute Gasteiger partial charge is 0.238 e. The number of nitrogens with zero attached hydrogens (tertiary/aromatic N) is 2. The molecule has 1 unspecified atom stereocenters. The fourth-order valence-electron chi connectivity index (χ4n) is 3.15. The summed E-state index contributed by atoms with van der Waals surface area (Å²) in [6.07, 6.45) is 4.30. The maximum atomic E-state index is 13.5. The Morgan fingerprint density at radius 1 is 1.03 bits per heavy atom. The summed E-state index contributed by atoms with van der Waals surface area (Å²) in [6.45, 7) is 0. The molecule has 0 radical (unpaired) electrons. The molecule has 2 aromatic carbocycles. The summed E-state index contributed by atoms with van der Waals surface area (Å²) in [5, 5.41) is 3.33. The zero-order chi connectivity index (χ0) is 20.9. The number of anilines is 1. The minimum Gasteiger partial charge on any atom is -0.497 e. The van der Waals surface area contributed by atoms with Gasteiger partial charge in [-0.25, -0.2) is 9.37 Å². The van der Waals surface area contributed by atoms with Gasteiger partial charge in [0.15, 0.2) is 5.13 Å². The first-order valence-corrected chi connectivity index (χ1v) is 10.0. The molecule has 150 valence electrons. The number of hydrogen-bond donors (Lipinski definition) is 1. The van der Waals surface area contributed by atoms with Crippen LogP contribution in [0.3, 0.4) is 0 Å². The Morgan fingerprint density at radius 2 is 1.83 bits per heavy atom. The van der Waals surface area contributed by atoms with Crippen molar-refractivity contribution >= 4 is 22.4 Å². The summed E-state index contributed by atoms with van der Waals surface area (Å²) >= 11 is 1.26. The Balaban J connectivity index is 1.63. The normalized spacial score (nSPS) is 11.7. The molecule has 1 N–H and O–H groups in total. The van der Waals surface area contributed by atoms with Gasteiger partial charge >= 0.3 is 0 Å². The van der Waals surface area contributed by atoms with Gasteiger partial charge in [0.2, 0.25) is 5.91 Å². The van der Waals surface area contributed by atoms with Crippen molar-refractivity contribution in [2.75, 3.05) is 12.4 Å². The molecule has 7 heteroatoms. The third-order valence-corrected chi connectivity index (χ3v) is 5.51. The van der Waals surface area contributed by atoms with Crippen LogP contribution in [0.5, 0.6) is 5.75 Å². The molecule has 1 amide bonds. The van der Waals surface area contributed by atoms with Gasteiger partial charge in [0, 0.05) is 18.0 Å². The number of pyridine rings is 1. The molecule has 0 spiro atoms. The van der Waals surface area contributed by atoms with E-state index in [2.05, 4.69) is 15.3 Å². The van der Waals surface area contributed by atoms with Crippen LogP contribution >= 0.6 is 11.3 Å². The van der Waals surface area contributed by atoms with E-state index in [-0.39, 0.29) is 5.91 Å². The highest BCUT2D eigenvalue weighted by Gasteiger charge is 2.24. The van der Waals surface area contributed by atoms with Gasteiger partial charge in [-0.3, -0.25) is 9.78 Å². The SMILES string of the molecule is COc1cccc(C(C(=O)Nc2ncc(-c3cncc(F)c3)s2)c2ccccc2)c1. The number of nitrogens with one attached hydrogen (secondary N) is 1. The number of aromatic nitrogens is 2. The molecule has 0 saturated carbocycles. The van der Waals surface area contributed by atoms with Crippen molar-refractivity contribution < 1.29 is 13.9 Å². The van der Waals surface area contributed by atoms with E-state index in [1.54, 1.807) is 19.5 Å². The lowest BCUT2D eigenvalue weighted by Gasteiger charge is -2.17. The number of carbonyl (C=O) groups excluding carboxylic acids is 1. The van der Waals surface area contributed by atoms with E-state index in [0.29, 0.717) is 16.4 Å². The lowest BCUT2D eigenvalue weighted by molar-refractivity contribution is -0.116. The predicted octanol–water partition coefficient (Wildman–Crippen LogP) is 5.12. The lowest BCUT2D eigenvalue weighted by atomic mass is 9.90. The van der Waals surface area contributed by atoms with Crippen molar-refractivity contribution in [2.45, 2.75) is 5.92 Å². The van der Waals surface area contributed by atoms with Gasteiger partial charge in [-0.1, -0.05) is 53.8 Å². The van der Waals surface area contributed by atoms with Crippen LogP contribution in [0.1, 0.15) is 17.0 Å². The van der Waals surface area contributed by atoms with E-state index >= 15 is 0 Å². The largest absolute Gasteiger partial charge is 0.497 e. The maximum absolute atomic E-state index is 13.5. The number of halogens is 1. The first-order valence-electron chi connectivity index (χ1n) is 9.20. The van der Waals surface area contributed by atoms with E-state index in [4.69, 9.17) is 4.74 Å². The molecule has 5 nitrogen and oxygen atoms in total. The molecule has 4 aromatic rings. The molecule has 1 atom stereocenters. The summed E-state index contributed by atoms with van der Waals surface area (Å²) in [7, 11) is 1.59. The fourth-order valence-corrected chi connectivity index (χ4v) is 3.95. The van der Waals surface area contributed by atoms with Crippen molar-refractivity contribution in [1.29, 1.82) is 0 Å². The number of carbonyl (C=O) groups is 1. The van der Waals surface area contributed by atoms with Crippen LogP contribution in [0, 0.1) is 5.82 Å². The van der Waals surface area contributed by atoms with E-state index in [0.717, 1.165) is 22.2 Å². The molecule has 0 saturated heterocycles. The minimum atomic E-state index is -0.538. The van der Waals surface area contributed by atoms with Crippen LogP contribution in [0.4, 0.5) is 9.52 Å². The first-order chi connectivity index (χ1) is 14.6. The van der Waals surface area contributed by atoms with Crippen LogP contribution in [0.2, 0.25) is 0 Å². The van der Waals surface area contributed by atoms with Gasteiger partial charge in [-0.2, -0.15) is 0 Å². The summed E-state index contributed by atoms with van der Waals surface area (Å²) in [4.78, 5) is 22.1. The van der Waals surface area contributed by atoms with Gasteiger partial charge in [0.1, 0.15) is 11.6 Å². The van der Waals surface area contributed by atoms with Crippen LogP contribution in [0.15, 0.2) is 79.3 Å². The summed E-state index contributed by atoms with van der Waals surface area (Å²) in [5.74, 6) is -0.498. The summed E-state index contributed by atoms with van der Waals surface area (Å²) in [5.41, 5.74) is 2.28. The molecule has 0 aliphatic heterocycles. The van der Waals surface area contributed by atoms with Crippen molar-refractivity contribution in [3.05, 3.63) is 96.2 Å². The Morgan fingerprint density at radius 3 is 2.60 bits per heavy atom. The van der Waals surface area contributed by atoms with Crippen LogP contribution in [0.25, 0.3) is 10.4 Å². The second-order valence-corrected chi connectivity index (χ2v) is 7.56. The Bertz CT molecular complexity index is 1160. The van der Waals surface area contributed by atoms with Crippen molar-refractivity contribution in [3.8, 4) is 16.2 Å². The van der Waals surface area contributed by atoms with E-state index in [1.807, 2.05) is 54.6 Å². The van der Waals surface area contributed by atoms with Gasteiger partial charge in [-0.15, -0.1) is 0 Å². The predicted molar refractivity (Wildman–Crippen MR) is 115 cm³/mol. The van der Waals surface area contributed by atoms with Gasteiger partial charge in [-0.05, 0) is 29.3 Å². The van der Waals surface area contributed by atoms with Gasteiger partial charge < -0.3 is 10.1 Å². The molecule has 4 rings (SSSR count). The minimum absolute atomic E-state index is 0.215. The molecule has 0 bridgehead atoms. The Labute approximate surface area is 177 Å². The number of ether oxygens (including phenoxy) is 1. The Kier molecular flexibility index (Phi) is 5.81. The number of benzene rings is 2. The summed E-state index contributed by atoms with van der Waals surface area (Å²) in [6, 6.07) is 18.3. The van der Waals surface area contributed by atoms with Gasteiger partial charge in [0.05, 0.1) is 24.1 Å². The first kappa shape index (κ1) is 19.7. The third kappa shape index (κ3) is 4.36. The number of thiazole rings is 1. The highest BCUT2D eigenvalue weighted by molar-refractivity contribution is 7.19. The fraction of sp³-hybridized carbons (Fsp3) is 0.0870. The topological polar surface area (TPSA) is 64.1 Å².